The van der Waals surface area contributed by atoms with E-state index in [0.717, 1.165) is 30.6 Å². The van der Waals surface area contributed by atoms with E-state index in [2.05, 4.69) is 48.7 Å². The summed E-state index contributed by atoms with van der Waals surface area (Å²) in [7, 11) is 4.19. The van der Waals surface area contributed by atoms with Crippen molar-refractivity contribution in [3.8, 4) is 0 Å². The molecule has 4 nitrogen and oxygen atoms in total. The first kappa shape index (κ1) is 18.3. The maximum atomic E-state index is 11.8. The van der Waals surface area contributed by atoms with E-state index in [1.807, 2.05) is 19.9 Å². The van der Waals surface area contributed by atoms with Gasteiger partial charge in [-0.25, -0.2) is 4.79 Å². The minimum Gasteiger partial charge on any atom is -0.463 e. The normalized spacial score (nSPS) is 12.2. The summed E-state index contributed by atoms with van der Waals surface area (Å²) in [5, 5.41) is 1.19. The van der Waals surface area contributed by atoms with Crippen LogP contribution in [0.1, 0.15) is 31.5 Å². The molecule has 4 heteroatoms. The van der Waals surface area contributed by atoms with Gasteiger partial charge >= 0.3 is 5.97 Å². The summed E-state index contributed by atoms with van der Waals surface area (Å²) in [6, 6.07) is 8.40. The zero-order valence-electron chi connectivity index (χ0n) is 15.4. The Balaban J connectivity index is 2.43. The molecule has 1 aromatic heterocycles. The average Bonchev–Trinajstić information content (AvgIpc) is 2.79. The van der Waals surface area contributed by atoms with E-state index >= 15 is 0 Å². The maximum absolute atomic E-state index is 11.8. The first-order valence-corrected chi connectivity index (χ1v) is 8.53. The van der Waals surface area contributed by atoms with Crippen molar-refractivity contribution in [1.82, 2.24) is 9.47 Å². The SMILES string of the molecule is CCOC(=O)/C=C(\C)c1c(C)n(CCCN(C)C)c2ccccc12. The highest BCUT2D eigenvalue weighted by molar-refractivity contribution is 5.99. The Kier molecular flexibility index (Phi) is 6.21. The van der Waals surface area contributed by atoms with Gasteiger partial charge in [-0.15, -0.1) is 0 Å². The van der Waals surface area contributed by atoms with Gasteiger partial charge in [0, 0.05) is 34.8 Å². The lowest BCUT2D eigenvalue weighted by molar-refractivity contribution is -0.137. The number of hydrogen-bond acceptors (Lipinski definition) is 3. The number of esters is 1. The summed E-state index contributed by atoms with van der Waals surface area (Å²) in [4.78, 5) is 14.0. The van der Waals surface area contributed by atoms with Crippen molar-refractivity contribution in [3.05, 3.63) is 41.6 Å². The summed E-state index contributed by atoms with van der Waals surface area (Å²) >= 11 is 0. The number of fused-ring (bicyclic) bond motifs is 1. The molecule has 0 aliphatic rings. The van der Waals surface area contributed by atoms with Gasteiger partial charge in [0.1, 0.15) is 0 Å². The number of rotatable bonds is 7. The number of aryl methyl sites for hydroxylation is 1. The molecule has 0 radical (unpaired) electrons. The van der Waals surface area contributed by atoms with Crippen LogP contribution in [0.4, 0.5) is 0 Å². The fourth-order valence-electron chi connectivity index (χ4n) is 3.19. The van der Waals surface area contributed by atoms with Crippen LogP contribution in [0.2, 0.25) is 0 Å². The molecular weight excluding hydrogens is 300 g/mol. The third kappa shape index (κ3) is 4.06. The maximum Gasteiger partial charge on any atom is 0.331 e. The molecule has 0 spiro atoms. The third-order valence-corrected chi connectivity index (χ3v) is 4.23. The first-order valence-electron chi connectivity index (χ1n) is 8.53. The average molecular weight is 328 g/mol. The van der Waals surface area contributed by atoms with Crippen LogP contribution in [0, 0.1) is 6.92 Å². The van der Waals surface area contributed by atoms with Gasteiger partial charge in [-0.3, -0.25) is 0 Å². The number of hydrogen-bond donors (Lipinski definition) is 0. The van der Waals surface area contributed by atoms with Gasteiger partial charge in [0.2, 0.25) is 0 Å². The van der Waals surface area contributed by atoms with Crippen LogP contribution in [-0.4, -0.2) is 42.7 Å². The van der Waals surface area contributed by atoms with E-state index < -0.39 is 0 Å². The molecule has 0 aliphatic carbocycles. The van der Waals surface area contributed by atoms with Gasteiger partial charge in [-0.1, -0.05) is 18.2 Å². The second-order valence-corrected chi connectivity index (χ2v) is 6.37. The molecule has 24 heavy (non-hydrogen) atoms. The van der Waals surface area contributed by atoms with Gasteiger partial charge in [-0.05, 0) is 59.5 Å². The Bertz CT molecular complexity index is 741. The molecule has 1 aromatic carbocycles. The van der Waals surface area contributed by atoms with Crippen molar-refractivity contribution >= 4 is 22.4 Å². The van der Waals surface area contributed by atoms with Crippen molar-refractivity contribution in [2.45, 2.75) is 33.7 Å². The van der Waals surface area contributed by atoms with E-state index in [9.17, 15) is 4.79 Å². The summed E-state index contributed by atoms with van der Waals surface area (Å²) in [6.07, 6.45) is 2.69. The van der Waals surface area contributed by atoms with Gasteiger partial charge in [0.05, 0.1) is 6.61 Å². The quantitative estimate of drug-likeness (QED) is 0.571. The van der Waals surface area contributed by atoms with Crippen molar-refractivity contribution in [2.75, 3.05) is 27.2 Å². The van der Waals surface area contributed by atoms with Gasteiger partial charge in [0.25, 0.3) is 0 Å². The minimum atomic E-state index is -0.279. The number of aromatic nitrogens is 1. The zero-order valence-corrected chi connectivity index (χ0v) is 15.4. The Morgan fingerprint density at radius 1 is 1.29 bits per heavy atom. The number of carbonyl (C=O) groups excluding carboxylic acids is 1. The first-order chi connectivity index (χ1) is 11.5. The predicted octanol–water partition coefficient (Wildman–Crippen LogP) is 3.87. The Labute approximate surface area is 144 Å². The predicted molar refractivity (Wildman–Crippen MR) is 100 cm³/mol. The van der Waals surface area contributed by atoms with Crippen LogP contribution in [0.15, 0.2) is 30.3 Å². The van der Waals surface area contributed by atoms with E-state index in [1.165, 1.54) is 16.6 Å². The lowest BCUT2D eigenvalue weighted by Gasteiger charge is -2.12. The molecular formula is C20H28N2O2. The lowest BCUT2D eigenvalue weighted by Crippen LogP contribution is -2.15. The fraction of sp³-hybridized carbons (Fsp3) is 0.450. The zero-order chi connectivity index (χ0) is 17.7. The standard InChI is InChI=1S/C20H28N2O2/c1-6-24-19(23)14-15(2)20-16(3)22(13-9-12-21(4)5)18-11-8-7-10-17(18)20/h7-8,10-11,14H,6,9,12-13H2,1-5H3/b15-14+. The molecule has 0 aliphatic heterocycles. The van der Waals surface area contributed by atoms with E-state index in [1.54, 1.807) is 6.08 Å². The lowest BCUT2D eigenvalue weighted by atomic mass is 10.0. The van der Waals surface area contributed by atoms with E-state index in [-0.39, 0.29) is 5.97 Å². The summed E-state index contributed by atoms with van der Waals surface area (Å²) in [5.74, 6) is -0.279. The van der Waals surface area contributed by atoms with Crippen LogP contribution in [0.5, 0.6) is 0 Å². The number of allylic oxidation sites excluding steroid dienone is 1. The van der Waals surface area contributed by atoms with E-state index in [0.29, 0.717) is 6.61 Å². The van der Waals surface area contributed by atoms with Crippen molar-refractivity contribution in [1.29, 1.82) is 0 Å². The molecule has 0 unspecified atom stereocenters. The van der Waals surface area contributed by atoms with Gasteiger partial charge in [-0.2, -0.15) is 0 Å². The van der Waals surface area contributed by atoms with Crippen molar-refractivity contribution in [2.24, 2.45) is 0 Å². The highest BCUT2D eigenvalue weighted by atomic mass is 16.5. The molecule has 0 fully saturated rings. The largest absolute Gasteiger partial charge is 0.463 e. The fourth-order valence-corrected chi connectivity index (χ4v) is 3.19. The number of ether oxygens (including phenoxy) is 1. The summed E-state index contributed by atoms with van der Waals surface area (Å²) < 4.78 is 7.41. The highest BCUT2D eigenvalue weighted by Crippen LogP contribution is 2.31. The smallest absolute Gasteiger partial charge is 0.331 e. The van der Waals surface area contributed by atoms with Gasteiger partial charge < -0.3 is 14.2 Å². The molecule has 0 saturated carbocycles. The number of nitrogens with zero attached hydrogens (tertiary/aromatic N) is 2. The van der Waals surface area contributed by atoms with Crippen LogP contribution in [0.3, 0.4) is 0 Å². The molecule has 0 bridgehead atoms. The molecule has 2 rings (SSSR count). The third-order valence-electron chi connectivity index (χ3n) is 4.23. The van der Waals surface area contributed by atoms with Crippen LogP contribution >= 0.6 is 0 Å². The Morgan fingerprint density at radius 2 is 2.00 bits per heavy atom. The number of benzene rings is 1. The summed E-state index contributed by atoms with van der Waals surface area (Å²) in [6.45, 7) is 8.36. The minimum absolute atomic E-state index is 0.279. The number of carbonyl (C=O) groups is 1. The molecule has 1 heterocycles. The molecule has 0 N–H and O–H groups in total. The highest BCUT2D eigenvalue weighted by Gasteiger charge is 2.15. The monoisotopic (exact) mass is 328 g/mol. The van der Waals surface area contributed by atoms with Crippen molar-refractivity contribution in [3.63, 3.8) is 0 Å². The Hall–Kier alpha value is -2.07. The topological polar surface area (TPSA) is 34.5 Å². The molecule has 0 atom stereocenters. The molecule has 0 amide bonds. The van der Waals surface area contributed by atoms with Crippen LogP contribution < -0.4 is 0 Å². The molecule has 130 valence electrons. The van der Waals surface area contributed by atoms with E-state index in [4.69, 9.17) is 4.74 Å². The molecule has 2 aromatic rings. The van der Waals surface area contributed by atoms with Crippen molar-refractivity contribution < 1.29 is 9.53 Å². The van der Waals surface area contributed by atoms with Crippen LogP contribution in [0.25, 0.3) is 16.5 Å². The second-order valence-electron chi connectivity index (χ2n) is 6.37. The molecule has 0 saturated heterocycles. The second kappa shape index (κ2) is 8.15. The van der Waals surface area contributed by atoms with Crippen LogP contribution in [-0.2, 0) is 16.1 Å². The number of para-hydroxylation sites is 1. The summed E-state index contributed by atoms with van der Waals surface area (Å²) in [5.41, 5.74) is 4.52. The Morgan fingerprint density at radius 3 is 2.67 bits per heavy atom. The van der Waals surface area contributed by atoms with Gasteiger partial charge in [0.15, 0.2) is 0 Å².